The van der Waals surface area contributed by atoms with Gasteiger partial charge < -0.3 is 14.6 Å². The van der Waals surface area contributed by atoms with Gasteiger partial charge in [0.2, 0.25) is 0 Å². The second-order valence-corrected chi connectivity index (χ2v) is 3.67. The van der Waals surface area contributed by atoms with Crippen molar-refractivity contribution in [2.24, 2.45) is 0 Å². The molecule has 0 aromatic heterocycles. The Kier molecular flexibility index (Phi) is 6.37. The molecule has 1 aromatic carbocycles. The lowest BCUT2D eigenvalue weighted by Crippen LogP contribution is -2.09. The quantitative estimate of drug-likeness (QED) is 0.705. The Hall–Kier alpha value is -1.32. The predicted octanol–water partition coefficient (Wildman–Crippen LogP) is 2.50. The van der Waals surface area contributed by atoms with Gasteiger partial charge in [0.05, 0.1) is 19.8 Å². The highest BCUT2D eigenvalue weighted by atomic mass is 16.5. The van der Waals surface area contributed by atoms with Gasteiger partial charge in [-0.3, -0.25) is 0 Å². The highest BCUT2D eigenvalue weighted by Gasteiger charge is 1.98. The van der Waals surface area contributed by atoms with Crippen LogP contribution in [0, 0.1) is 0 Å². The van der Waals surface area contributed by atoms with Crippen molar-refractivity contribution in [1.29, 1.82) is 0 Å². The normalized spacial score (nSPS) is 10.2. The molecule has 0 unspecified atom stereocenters. The monoisotopic (exact) mass is 236 g/mol. The summed E-state index contributed by atoms with van der Waals surface area (Å²) in [6, 6.07) is 7.88. The SMILES string of the molecule is C=C(CC)c1ccc(OCCOCCO)cc1. The van der Waals surface area contributed by atoms with E-state index in [-0.39, 0.29) is 6.61 Å². The van der Waals surface area contributed by atoms with Crippen molar-refractivity contribution in [1.82, 2.24) is 0 Å². The fourth-order valence-electron chi connectivity index (χ4n) is 1.38. The van der Waals surface area contributed by atoms with Gasteiger partial charge in [0, 0.05) is 0 Å². The molecule has 0 aliphatic heterocycles. The average Bonchev–Trinajstić information content (AvgIpc) is 2.38. The molecule has 1 N–H and O–H groups in total. The van der Waals surface area contributed by atoms with Crippen LogP contribution in [0.25, 0.3) is 5.57 Å². The molecule has 1 rings (SSSR count). The molecular formula is C14H20O3. The van der Waals surface area contributed by atoms with E-state index in [1.54, 1.807) is 0 Å². The molecule has 0 heterocycles. The number of benzene rings is 1. The molecule has 0 bridgehead atoms. The van der Waals surface area contributed by atoms with Crippen molar-refractivity contribution < 1.29 is 14.6 Å². The van der Waals surface area contributed by atoms with Crippen LogP contribution in [0.5, 0.6) is 5.75 Å². The van der Waals surface area contributed by atoms with Gasteiger partial charge in [-0.25, -0.2) is 0 Å². The van der Waals surface area contributed by atoms with Crippen LogP contribution in [0.4, 0.5) is 0 Å². The van der Waals surface area contributed by atoms with Gasteiger partial charge in [-0.15, -0.1) is 0 Å². The molecule has 0 aliphatic rings. The molecule has 17 heavy (non-hydrogen) atoms. The fourth-order valence-corrected chi connectivity index (χ4v) is 1.38. The summed E-state index contributed by atoms with van der Waals surface area (Å²) in [6.07, 6.45) is 0.954. The maximum Gasteiger partial charge on any atom is 0.119 e. The van der Waals surface area contributed by atoms with Crippen molar-refractivity contribution in [2.45, 2.75) is 13.3 Å². The van der Waals surface area contributed by atoms with E-state index in [1.807, 2.05) is 24.3 Å². The van der Waals surface area contributed by atoms with Gasteiger partial charge in [0.15, 0.2) is 0 Å². The Morgan fingerprint density at radius 3 is 2.47 bits per heavy atom. The molecule has 0 atom stereocenters. The summed E-state index contributed by atoms with van der Waals surface area (Å²) in [4.78, 5) is 0. The fraction of sp³-hybridized carbons (Fsp3) is 0.429. The van der Waals surface area contributed by atoms with Crippen LogP contribution in [0.15, 0.2) is 30.8 Å². The molecule has 3 nitrogen and oxygen atoms in total. The van der Waals surface area contributed by atoms with Crippen LogP contribution >= 0.6 is 0 Å². The number of hydrogen-bond acceptors (Lipinski definition) is 3. The van der Waals surface area contributed by atoms with Gasteiger partial charge in [0.1, 0.15) is 12.4 Å². The molecule has 0 amide bonds. The highest BCUT2D eigenvalue weighted by molar-refractivity contribution is 5.63. The molecule has 94 valence electrons. The van der Waals surface area contributed by atoms with Crippen molar-refractivity contribution in [3.63, 3.8) is 0 Å². The second-order valence-electron chi connectivity index (χ2n) is 3.67. The third-order valence-electron chi connectivity index (χ3n) is 2.42. The number of aliphatic hydroxyl groups excluding tert-OH is 1. The molecule has 0 radical (unpaired) electrons. The van der Waals surface area contributed by atoms with Crippen LogP contribution in [0.3, 0.4) is 0 Å². The summed E-state index contributed by atoms with van der Waals surface area (Å²) < 4.78 is 10.6. The van der Waals surface area contributed by atoms with Crippen LogP contribution < -0.4 is 4.74 Å². The van der Waals surface area contributed by atoms with E-state index in [0.29, 0.717) is 19.8 Å². The van der Waals surface area contributed by atoms with Crippen LogP contribution in [0.1, 0.15) is 18.9 Å². The molecule has 1 aromatic rings. The summed E-state index contributed by atoms with van der Waals surface area (Å²) in [5, 5.41) is 8.51. The summed E-state index contributed by atoms with van der Waals surface area (Å²) >= 11 is 0. The van der Waals surface area contributed by atoms with E-state index in [9.17, 15) is 0 Å². The first-order chi connectivity index (χ1) is 8.27. The molecule has 0 fully saturated rings. The third kappa shape index (κ3) is 5.02. The minimum Gasteiger partial charge on any atom is -0.491 e. The zero-order chi connectivity index (χ0) is 12.5. The number of ether oxygens (including phenoxy) is 2. The van der Waals surface area contributed by atoms with E-state index in [0.717, 1.165) is 23.3 Å². The van der Waals surface area contributed by atoms with Crippen molar-refractivity contribution >= 4 is 5.57 Å². The van der Waals surface area contributed by atoms with Crippen LogP contribution in [-0.4, -0.2) is 31.5 Å². The van der Waals surface area contributed by atoms with E-state index in [4.69, 9.17) is 14.6 Å². The summed E-state index contributed by atoms with van der Waals surface area (Å²) in [6.45, 7) is 7.47. The summed E-state index contributed by atoms with van der Waals surface area (Å²) in [7, 11) is 0. The Bertz CT molecular complexity index is 330. The number of aliphatic hydroxyl groups is 1. The van der Waals surface area contributed by atoms with E-state index < -0.39 is 0 Å². The molecule has 0 saturated carbocycles. The zero-order valence-electron chi connectivity index (χ0n) is 10.3. The van der Waals surface area contributed by atoms with E-state index in [1.165, 1.54) is 0 Å². The summed E-state index contributed by atoms with van der Waals surface area (Å²) in [5.41, 5.74) is 2.28. The minimum atomic E-state index is 0.0494. The Morgan fingerprint density at radius 1 is 1.18 bits per heavy atom. The van der Waals surface area contributed by atoms with Gasteiger partial charge in [0.25, 0.3) is 0 Å². The highest BCUT2D eigenvalue weighted by Crippen LogP contribution is 2.19. The lowest BCUT2D eigenvalue weighted by Gasteiger charge is -2.08. The number of rotatable bonds is 8. The lowest BCUT2D eigenvalue weighted by molar-refractivity contribution is 0.0705. The molecule has 0 aliphatic carbocycles. The molecule has 0 spiro atoms. The van der Waals surface area contributed by atoms with Gasteiger partial charge >= 0.3 is 0 Å². The minimum absolute atomic E-state index is 0.0494. The first-order valence-electron chi connectivity index (χ1n) is 5.87. The van der Waals surface area contributed by atoms with Crippen LogP contribution in [-0.2, 0) is 4.74 Å². The Balaban J connectivity index is 2.33. The van der Waals surface area contributed by atoms with Gasteiger partial charge in [-0.2, -0.15) is 0 Å². The summed E-state index contributed by atoms with van der Waals surface area (Å²) in [5.74, 6) is 0.824. The zero-order valence-corrected chi connectivity index (χ0v) is 10.3. The molecule has 0 saturated heterocycles. The maximum atomic E-state index is 8.51. The standard InChI is InChI=1S/C14H20O3/c1-3-12(2)13-4-6-14(7-5-13)17-11-10-16-9-8-15/h4-7,15H,2-3,8-11H2,1H3. The Labute approximate surface area is 103 Å². The smallest absolute Gasteiger partial charge is 0.119 e. The largest absolute Gasteiger partial charge is 0.491 e. The lowest BCUT2D eigenvalue weighted by atomic mass is 10.1. The first-order valence-corrected chi connectivity index (χ1v) is 5.87. The van der Waals surface area contributed by atoms with Crippen molar-refractivity contribution in [2.75, 3.05) is 26.4 Å². The number of allylic oxidation sites excluding steroid dienone is 1. The molecule has 3 heteroatoms. The number of hydrogen-bond donors (Lipinski definition) is 1. The van der Waals surface area contributed by atoms with E-state index in [2.05, 4.69) is 13.5 Å². The first kappa shape index (κ1) is 13.7. The topological polar surface area (TPSA) is 38.7 Å². The van der Waals surface area contributed by atoms with Gasteiger partial charge in [-0.1, -0.05) is 25.6 Å². The molecular weight excluding hydrogens is 216 g/mol. The maximum absolute atomic E-state index is 8.51. The Morgan fingerprint density at radius 2 is 1.88 bits per heavy atom. The van der Waals surface area contributed by atoms with E-state index >= 15 is 0 Å². The third-order valence-corrected chi connectivity index (χ3v) is 2.42. The van der Waals surface area contributed by atoms with Gasteiger partial charge in [-0.05, 0) is 29.7 Å². The van der Waals surface area contributed by atoms with Crippen LogP contribution in [0.2, 0.25) is 0 Å². The predicted molar refractivity (Wildman–Crippen MR) is 69.2 cm³/mol. The second kappa shape index (κ2) is 7.87. The van der Waals surface area contributed by atoms with Crippen molar-refractivity contribution in [3.8, 4) is 5.75 Å². The average molecular weight is 236 g/mol. The van der Waals surface area contributed by atoms with Crippen molar-refractivity contribution in [3.05, 3.63) is 36.4 Å².